The number of hydrogen-bond acceptors (Lipinski definition) is 5. The van der Waals surface area contributed by atoms with E-state index in [-0.39, 0.29) is 19.0 Å². The zero-order chi connectivity index (χ0) is 15.1. The van der Waals surface area contributed by atoms with Crippen molar-refractivity contribution in [1.29, 1.82) is 5.26 Å². The monoisotopic (exact) mass is 358 g/mol. The molecule has 0 aliphatic rings. The van der Waals surface area contributed by atoms with Crippen LogP contribution >= 0.6 is 35.3 Å². The predicted molar refractivity (Wildman–Crippen MR) is 91.2 cm³/mol. The predicted octanol–water partition coefficient (Wildman–Crippen LogP) is 4.02. The molecule has 4 nitrogen and oxygen atoms in total. The molecule has 0 spiro atoms. The largest absolute Gasteiger partial charge is 0.493 e. The third-order valence-corrected chi connectivity index (χ3v) is 3.89. The molecule has 1 heterocycles. The Balaban J connectivity index is 0.00000242. The Morgan fingerprint density at radius 1 is 1.41 bits per heavy atom. The van der Waals surface area contributed by atoms with E-state index in [1.54, 1.807) is 18.4 Å². The lowest BCUT2D eigenvalue weighted by Gasteiger charge is -2.14. The second-order valence-electron chi connectivity index (χ2n) is 4.24. The average Bonchev–Trinajstić information content (AvgIpc) is 2.99. The van der Waals surface area contributed by atoms with Crippen molar-refractivity contribution >= 4 is 35.3 Å². The summed E-state index contributed by atoms with van der Waals surface area (Å²) in [6.45, 7) is 1.30. The summed E-state index contributed by atoms with van der Waals surface area (Å²) in [7, 11) is 1.58. The van der Waals surface area contributed by atoms with Crippen molar-refractivity contribution in [3.05, 3.63) is 45.1 Å². The van der Waals surface area contributed by atoms with E-state index < -0.39 is 0 Å². The summed E-state index contributed by atoms with van der Waals surface area (Å²) in [6.07, 6.45) is 0. The lowest BCUT2D eigenvalue weighted by Crippen LogP contribution is -2.13. The molecule has 22 heavy (non-hydrogen) atoms. The summed E-state index contributed by atoms with van der Waals surface area (Å²) in [5.41, 5.74) is 0.940. The van der Waals surface area contributed by atoms with Gasteiger partial charge in [-0.1, -0.05) is 17.7 Å². The number of nitrogens with one attached hydrogen (secondary N) is 1. The number of rotatable bonds is 7. The van der Waals surface area contributed by atoms with Crippen LogP contribution in [0.2, 0.25) is 5.02 Å². The van der Waals surface area contributed by atoms with Crippen molar-refractivity contribution in [2.24, 2.45) is 0 Å². The van der Waals surface area contributed by atoms with Crippen molar-refractivity contribution < 1.29 is 9.47 Å². The number of thiophene rings is 1. The number of hydrogen-bond donors (Lipinski definition) is 1. The van der Waals surface area contributed by atoms with Crippen LogP contribution < -0.4 is 14.8 Å². The standard InChI is InChI=1S/C15H15ClN2O2S.ClH/c1-19-14-8-11(9-18-5-4-17)7-13(16)15(14)20-10-12-3-2-6-21-12;/h2-3,6-8,18H,5,9-10H2,1H3;1H. The van der Waals surface area contributed by atoms with Gasteiger partial charge in [0.15, 0.2) is 11.5 Å². The van der Waals surface area contributed by atoms with Crippen molar-refractivity contribution in [2.75, 3.05) is 13.7 Å². The minimum atomic E-state index is 0. The first-order valence-corrected chi connectivity index (χ1v) is 7.59. The lowest BCUT2D eigenvalue weighted by atomic mass is 10.2. The van der Waals surface area contributed by atoms with Gasteiger partial charge in [-0.05, 0) is 29.1 Å². The topological polar surface area (TPSA) is 54.3 Å². The van der Waals surface area contributed by atoms with Gasteiger partial charge >= 0.3 is 0 Å². The van der Waals surface area contributed by atoms with Gasteiger partial charge in [0.25, 0.3) is 0 Å². The molecule has 7 heteroatoms. The molecule has 1 aromatic heterocycles. The number of methoxy groups -OCH3 is 1. The lowest BCUT2D eigenvalue weighted by molar-refractivity contribution is 0.287. The van der Waals surface area contributed by atoms with Crippen LogP contribution in [0, 0.1) is 11.3 Å². The number of nitriles is 1. The van der Waals surface area contributed by atoms with Gasteiger partial charge in [0.05, 0.1) is 24.7 Å². The maximum absolute atomic E-state index is 8.52. The number of ether oxygens (including phenoxy) is 2. The molecule has 2 rings (SSSR count). The second-order valence-corrected chi connectivity index (χ2v) is 5.68. The average molecular weight is 359 g/mol. The highest BCUT2D eigenvalue weighted by Crippen LogP contribution is 2.37. The highest BCUT2D eigenvalue weighted by Gasteiger charge is 2.12. The normalized spacial score (nSPS) is 9.68. The van der Waals surface area contributed by atoms with Gasteiger partial charge in [-0.15, -0.1) is 23.7 Å². The molecular weight excluding hydrogens is 343 g/mol. The summed E-state index contributed by atoms with van der Waals surface area (Å²) < 4.78 is 11.1. The third kappa shape index (κ3) is 5.08. The van der Waals surface area contributed by atoms with Crippen LogP contribution in [0.5, 0.6) is 11.5 Å². The molecule has 0 radical (unpaired) electrons. The Morgan fingerprint density at radius 3 is 2.86 bits per heavy atom. The van der Waals surface area contributed by atoms with Crippen LogP contribution in [-0.2, 0) is 13.2 Å². The maximum atomic E-state index is 8.52. The van der Waals surface area contributed by atoms with Crippen molar-refractivity contribution in [1.82, 2.24) is 5.32 Å². The number of halogens is 2. The van der Waals surface area contributed by atoms with Crippen molar-refractivity contribution in [3.8, 4) is 17.6 Å². The molecule has 0 amide bonds. The minimum absolute atomic E-state index is 0. The van der Waals surface area contributed by atoms with E-state index in [1.165, 1.54) is 0 Å². The summed E-state index contributed by atoms with van der Waals surface area (Å²) in [6, 6.07) is 9.69. The second kappa shape index (κ2) is 9.54. The zero-order valence-corrected chi connectivity index (χ0v) is 14.4. The van der Waals surface area contributed by atoms with Gasteiger partial charge in [-0.2, -0.15) is 5.26 Å². The van der Waals surface area contributed by atoms with Gasteiger partial charge in [-0.3, -0.25) is 0 Å². The molecule has 0 atom stereocenters. The fourth-order valence-corrected chi connectivity index (χ4v) is 2.72. The smallest absolute Gasteiger partial charge is 0.180 e. The van der Waals surface area contributed by atoms with Crippen molar-refractivity contribution in [3.63, 3.8) is 0 Å². The molecule has 0 fully saturated rings. The van der Waals surface area contributed by atoms with E-state index in [4.69, 9.17) is 26.3 Å². The number of benzene rings is 1. The van der Waals surface area contributed by atoms with E-state index in [0.717, 1.165) is 10.4 Å². The minimum Gasteiger partial charge on any atom is -0.493 e. The molecule has 0 aliphatic carbocycles. The van der Waals surface area contributed by atoms with Crippen LogP contribution in [0.3, 0.4) is 0 Å². The maximum Gasteiger partial charge on any atom is 0.180 e. The molecule has 1 N–H and O–H groups in total. The van der Waals surface area contributed by atoms with E-state index in [1.807, 2.05) is 35.7 Å². The van der Waals surface area contributed by atoms with Gasteiger partial charge in [0.2, 0.25) is 0 Å². The molecule has 0 bridgehead atoms. The van der Waals surface area contributed by atoms with Crippen LogP contribution in [0.1, 0.15) is 10.4 Å². The first kappa shape index (κ1) is 18.6. The fraction of sp³-hybridized carbons (Fsp3) is 0.267. The van der Waals surface area contributed by atoms with Crippen LogP contribution in [-0.4, -0.2) is 13.7 Å². The van der Waals surface area contributed by atoms with Crippen molar-refractivity contribution in [2.45, 2.75) is 13.2 Å². The molecule has 1 aromatic carbocycles. The van der Waals surface area contributed by atoms with Crippen LogP contribution in [0.25, 0.3) is 0 Å². The zero-order valence-electron chi connectivity index (χ0n) is 12.0. The first-order valence-electron chi connectivity index (χ1n) is 6.34. The third-order valence-electron chi connectivity index (χ3n) is 2.76. The Hall–Kier alpha value is -1.45. The Kier molecular flexibility index (Phi) is 8.07. The summed E-state index contributed by atoms with van der Waals surface area (Å²) in [4.78, 5) is 1.12. The Morgan fingerprint density at radius 2 is 2.23 bits per heavy atom. The van der Waals surface area contributed by atoms with Crippen LogP contribution in [0.4, 0.5) is 0 Å². The first-order chi connectivity index (χ1) is 10.2. The van der Waals surface area contributed by atoms with Gasteiger partial charge < -0.3 is 14.8 Å². The molecule has 2 aromatic rings. The SMILES string of the molecule is COc1cc(CNCC#N)cc(Cl)c1OCc1cccs1.Cl. The molecule has 0 aliphatic heterocycles. The molecule has 0 unspecified atom stereocenters. The van der Waals surface area contributed by atoms with E-state index >= 15 is 0 Å². The molecule has 118 valence electrons. The Labute approximate surface area is 145 Å². The summed E-state index contributed by atoms with van der Waals surface area (Å²) in [5.74, 6) is 1.13. The summed E-state index contributed by atoms with van der Waals surface area (Å²) >= 11 is 7.90. The quantitative estimate of drug-likeness (QED) is 0.599. The van der Waals surface area contributed by atoms with Gasteiger partial charge in [0, 0.05) is 11.4 Å². The van der Waals surface area contributed by atoms with E-state index in [9.17, 15) is 0 Å². The molecular formula is C15H16Cl2N2O2S. The molecule has 0 saturated heterocycles. The highest BCUT2D eigenvalue weighted by atomic mass is 35.5. The van der Waals surface area contributed by atoms with Crippen LogP contribution in [0.15, 0.2) is 29.6 Å². The number of nitrogens with zero attached hydrogens (tertiary/aromatic N) is 1. The highest BCUT2D eigenvalue weighted by molar-refractivity contribution is 7.09. The van der Waals surface area contributed by atoms with E-state index in [2.05, 4.69) is 5.32 Å². The van der Waals surface area contributed by atoms with Gasteiger partial charge in [-0.25, -0.2) is 0 Å². The van der Waals surface area contributed by atoms with E-state index in [0.29, 0.717) is 29.7 Å². The summed E-state index contributed by atoms with van der Waals surface area (Å²) in [5, 5.41) is 14.0. The fourth-order valence-electron chi connectivity index (χ4n) is 1.82. The van der Waals surface area contributed by atoms with Gasteiger partial charge in [0.1, 0.15) is 6.61 Å². The molecule has 0 saturated carbocycles. The Bertz CT molecular complexity index is 627.